The molecule has 1 aliphatic rings. The molecule has 0 spiro atoms. The summed E-state index contributed by atoms with van der Waals surface area (Å²) in [5.74, 6) is 0.835. The van der Waals surface area contributed by atoms with Crippen molar-refractivity contribution in [2.45, 2.75) is 31.1 Å². The lowest BCUT2D eigenvalue weighted by molar-refractivity contribution is -0.120. The summed E-state index contributed by atoms with van der Waals surface area (Å²) in [6.45, 7) is 0.741. The molecule has 1 aliphatic carbocycles. The lowest BCUT2D eigenvalue weighted by atomic mass is 10.1. The first-order chi connectivity index (χ1) is 8.27. The summed E-state index contributed by atoms with van der Waals surface area (Å²) in [4.78, 5) is 11.8. The van der Waals surface area contributed by atoms with Crippen LogP contribution in [0.15, 0.2) is 30.3 Å². The molecular weight excluding hydrogens is 234 g/mol. The Morgan fingerprint density at radius 2 is 2.06 bits per heavy atom. The van der Waals surface area contributed by atoms with Crippen LogP contribution < -0.4 is 5.32 Å². The second kappa shape index (κ2) is 6.06. The van der Waals surface area contributed by atoms with Crippen molar-refractivity contribution in [2.75, 3.05) is 6.54 Å². The number of carbonyl (C=O) groups is 1. The molecule has 0 bridgehead atoms. The second-order valence-electron chi connectivity index (χ2n) is 4.65. The maximum atomic E-state index is 11.8. The van der Waals surface area contributed by atoms with Crippen LogP contribution in [0.5, 0.6) is 0 Å². The first-order valence-corrected chi connectivity index (χ1v) is 6.68. The normalized spacial score (nSPS) is 16.5. The predicted molar refractivity (Wildman–Crippen MR) is 70.0 cm³/mol. The largest absolute Gasteiger partial charge is 0.355 e. The van der Waals surface area contributed by atoms with Crippen LogP contribution in [0.4, 0.5) is 0 Å². The van der Waals surface area contributed by atoms with Gasteiger partial charge in [-0.05, 0) is 24.3 Å². The van der Waals surface area contributed by atoms with Crippen molar-refractivity contribution in [1.29, 1.82) is 0 Å². The zero-order valence-electron chi connectivity index (χ0n) is 9.86. The summed E-state index contributed by atoms with van der Waals surface area (Å²) < 4.78 is 0. The molecule has 0 aliphatic heterocycles. The maximum Gasteiger partial charge on any atom is 0.242 e. The van der Waals surface area contributed by atoms with Crippen molar-refractivity contribution in [3.8, 4) is 0 Å². The van der Waals surface area contributed by atoms with E-state index in [2.05, 4.69) is 5.32 Å². The van der Waals surface area contributed by atoms with Gasteiger partial charge in [0.15, 0.2) is 0 Å². The Bertz CT molecular complexity index is 362. The minimum Gasteiger partial charge on any atom is -0.355 e. The Balaban J connectivity index is 1.71. The highest BCUT2D eigenvalue weighted by Gasteiger charge is 2.21. The average molecular weight is 252 g/mol. The molecule has 2 nitrogen and oxygen atoms in total. The summed E-state index contributed by atoms with van der Waals surface area (Å²) in [5.41, 5.74) is 0.855. The molecule has 1 atom stereocenters. The van der Waals surface area contributed by atoms with Gasteiger partial charge < -0.3 is 5.32 Å². The van der Waals surface area contributed by atoms with Crippen LogP contribution in [0, 0.1) is 5.92 Å². The molecule has 92 valence electrons. The molecule has 2 rings (SSSR count). The van der Waals surface area contributed by atoms with Gasteiger partial charge in [-0.3, -0.25) is 4.79 Å². The maximum absolute atomic E-state index is 11.8. The third kappa shape index (κ3) is 4.04. The van der Waals surface area contributed by atoms with E-state index in [0.29, 0.717) is 0 Å². The molecule has 0 heterocycles. The van der Waals surface area contributed by atoms with Crippen molar-refractivity contribution in [3.05, 3.63) is 35.9 Å². The fourth-order valence-corrected chi connectivity index (χ4v) is 2.09. The highest BCUT2D eigenvalue weighted by atomic mass is 35.5. The van der Waals surface area contributed by atoms with Crippen molar-refractivity contribution in [1.82, 2.24) is 5.32 Å². The van der Waals surface area contributed by atoms with Crippen molar-refractivity contribution >= 4 is 17.5 Å². The molecule has 0 saturated heterocycles. The van der Waals surface area contributed by atoms with E-state index in [4.69, 9.17) is 11.6 Å². The van der Waals surface area contributed by atoms with E-state index in [0.717, 1.165) is 24.4 Å². The van der Waals surface area contributed by atoms with Crippen LogP contribution >= 0.6 is 11.6 Å². The second-order valence-corrected chi connectivity index (χ2v) is 5.09. The van der Waals surface area contributed by atoms with Crippen molar-refractivity contribution in [2.24, 2.45) is 5.92 Å². The summed E-state index contributed by atoms with van der Waals surface area (Å²) in [5, 5.41) is 2.32. The molecule has 1 N–H and O–H groups in total. The van der Waals surface area contributed by atoms with Gasteiger partial charge in [-0.25, -0.2) is 0 Å². The van der Waals surface area contributed by atoms with E-state index in [1.165, 1.54) is 19.3 Å². The SMILES string of the molecule is O=C(NCCCC1CC1)C(Cl)c1ccccc1. The van der Waals surface area contributed by atoms with Gasteiger partial charge in [0.2, 0.25) is 5.91 Å². The fourth-order valence-electron chi connectivity index (χ4n) is 1.87. The molecule has 3 heteroatoms. The third-order valence-electron chi connectivity index (χ3n) is 3.11. The Morgan fingerprint density at radius 3 is 2.71 bits per heavy atom. The Labute approximate surface area is 107 Å². The third-order valence-corrected chi connectivity index (χ3v) is 3.56. The molecule has 1 unspecified atom stereocenters. The van der Waals surface area contributed by atoms with E-state index in [-0.39, 0.29) is 5.91 Å². The van der Waals surface area contributed by atoms with Crippen LogP contribution in [0.1, 0.15) is 36.6 Å². The number of nitrogens with one attached hydrogen (secondary N) is 1. The molecular formula is C14H18ClNO. The van der Waals surface area contributed by atoms with E-state index in [9.17, 15) is 4.79 Å². The first-order valence-electron chi connectivity index (χ1n) is 6.24. The molecule has 1 aromatic rings. The van der Waals surface area contributed by atoms with Gasteiger partial charge >= 0.3 is 0 Å². The van der Waals surface area contributed by atoms with Crippen LogP contribution in [0.25, 0.3) is 0 Å². The van der Waals surface area contributed by atoms with Gasteiger partial charge in [0, 0.05) is 6.54 Å². The Morgan fingerprint density at radius 1 is 1.35 bits per heavy atom. The highest BCUT2D eigenvalue weighted by Crippen LogP contribution is 2.33. The lowest BCUT2D eigenvalue weighted by Crippen LogP contribution is -2.27. The quantitative estimate of drug-likeness (QED) is 0.610. The van der Waals surface area contributed by atoms with Gasteiger partial charge in [-0.1, -0.05) is 43.2 Å². The number of halogens is 1. The molecule has 1 aromatic carbocycles. The lowest BCUT2D eigenvalue weighted by Gasteiger charge is -2.10. The number of rotatable bonds is 6. The number of amides is 1. The Kier molecular flexibility index (Phi) is 4.43. The molecule has 17 heavy (non-hydrogen) atoms. The number of alkyl halides is 1. The van der Waals surface area contributed by atoms with Crippen molar-refractivity contribution in [3.63, 3.8) is 0 Å². The summed E-state index contributed by atoms with van der Waals surface area (Å²) in [7, 11) is 0. The summed E-state index contributed by atoms with van der Waals surface area (Å²) in [6, 6.07) is 9.46. The molecule has 1 amide bonds. The zero-order valence-corrected chi connectivity index (χ0v) is 10.6. The van der Waals surface area contributed by atoms with Gasteiger partial charge in [0.05, 0.1) is 0 Å². The molecule has 1 fully saturated rings. The zero-order chi connectivity index (χ0) is 12.1. The van der Waals surface area contributed by atoms with Crippen LogP contribution in [0.3, 0.4) is 0 Å². The number of hydrogen-bond acceptors (Lipinski definition) is 1. The highest BCUT2D eigenvalue weighted by molar-refractivity contribution is 6.30. The van der Waals surface area contributed by atoms with Gasteiger partial charge in [-0.15, -0.1) is 11.6 Å². The first kappa shape index (κ1) is 12.4. The van der Waals surface area contributed by atoms with Gasteiger partial charge in [0.1, 0.15) is 5.38 Å². The molecule has 1 saturated carbocycles. The van der Waals surface area contributed by atoms with E-state index < -0.39 is 5.38 Å². The number of benzene rings is 1. The number of hydrogen-bond donors (Lipinski definition) is 1. The van der Waals surface area contributed by atoms with Crippen LogP contribution in [0.2, 0.25) is 0 Å². The van der Waals surface area contributed by atoms with Crippen molar-refractivity contribution < 1.29 is 4.79 Å². The van der Waals surface area contributed by atoms with Gasteiger partial charge in [0.25, 0.3) is 0 Å². The van der Waals surface area contributed by atoms with E-state index in [1.54, 1.807) is 0 Å². The number of carbonyl (C=O) groups excluding carboxylic acids is 1. The topological polar surface area (TPSA) is 29.1 Å². The minimum absolute atomic E-state index is 0.0892. The van der Waals surface area contributed by atoms with Gasteiger partial charge in [-0.2, -0.15) is 0 Å². The van der Waals surface area contributed by atoms with Crippen LogP contribution in [-0.4, -0.2) is 12.5 Å². The van der Waals surface area contributed by atoms with Crippen LogP contribution in [-0.2, 0) is 4.79 Å². The standard InChI is InChI=1S/C14H18ClNO/c15-13(12-6-2-1-3-7-12)14(17)16-10-4-5-11-8-9-11/h1-3,6-7,11,13H,4-5,8-10H2,(H,16,17). The molecule has 0 aromatic heterocycles. The fraction of sp³-hybridized carbons (Fsp3) is 0.500. The van der Waals surface area contributed by atoms with E-state index >= 15 is 0 Å². The molecule has 0 radical (unpaired) electrons. The summed E-state index contributed by atoms with van der Waals surface area (Å²) in [6.07, 6.45) is 5.04. The predicted octanol–water partition coefficient (Wildman–Crippen LogP) is 3.27. The minimum atomic E-state index is -0.572. The smallest absolute Gasteiger partial charge is 0.242 e. The Hall–Kier alpha value is -1.02. The summed E-state index contributed by atoms with van der Waals surface area (Å²) >= 11 is 6.10. The van der Waals surface area contributed by atoms with E-state index in [1.807, 2.05) is 30.3 Å². The monoisotopic (exact) mass is 251 g/mol. The average Bonchev–Trinajstić information content (AvgIpc) is 3.18.